The lowest BCUT2D eigenvalue weighted by Gasteiger charge is -2.27. The number of hydrogen-bond acceptors (Lipinski definition) is 7. The van der Waals surface area contributed by atoms with Crippen molar-refractivity contribution in [2.75, 3.05) is 41.7 Å². The fourth-order valence-corrected chi connectivity index (χ4v) is 3.35. The Morgan fingerprint density at radius 2 is 1.83 bits per heavy atom. The fraction of sp³-hybridized carbons (Fsp3) is 0.333. The normalized spacial score (nSPS) is 15.3. The molecule has 1 aromatic heterocycles. The van der Waals surface area contributed by atoms with Gasteiger partial charge in [0.1, 0.15) is 5.82 Å². The Balaban J connectivity index is 1.86. The number of benzene rings is 1. The lowest BCUT2D eigenvalue weighted by Crippen LogP contribution is -2.37. The average molecular weight is 349 g/mol. The predicted molar refractivity (Wildman–Crippen MR) is 91.5 cm³/mol. The maximum atomic E-state index is 12.5. The zero-order valence-corrected chi connectivity index (χ0v) is 14.1. The molecule has 0 bridgehead atoms. The highest BCUT2D eigenvalue weighted by atomic mass is 32.2. The molecule has 8 nitrogen and oxygen atoms in total. The molecule has 1 aromatic carbocycles. The average Bonchev–Trinajstić information content (AvgIpc) is 2.55. The van der Waals surface area contributed by atoms with E-state index in [0.717, 1.165) is 0 Å². The van der Waals surface area contributed by atoms with Gasteiger partial charge < -0.3 is 15.4 Å². The van der Waals surface area contributed by atoms with Crippen molar-refractivity contribution >= 4 is 27.5 Å². The molecule has 3 N–H and O–H groups in total. The highest BCUT2D eigenvalue weighted by molar-refractivity contribution is 7.92. The number of morpholine rings is 1. The minimum absolute atomic E-state index is 0.126. The molecule has 2 aromatic rings. The van der Waals surface area contributed by atoms with Crippen molar-refractivity contribution in [2.24, 2.45) is 0 Å². The number of nitrogens with one attached hydrogen (secondary N) is 1. The minimum atomic E-state index is -3.73. The van der Waals surface area contributed by atoms with Gasteiger partial charge in [0.25, 0.3) is 10.0 Å². The van der Waals surface area contributed by atoms with Gasteiger partial charge in [0.2, 0.25) is 5.95 Å². The molecule has 1 aliphatic heterocycles. The van der Waals surface area contributed by atoms with Crippen LogP contribution in [0.1, 0.15) is 5.69 Å². The van der Waals surface area contributed by atoms with Crippen LogP contribution < -0.4 is 15.4 Å². The Hall–Kier alpha value is -2.39. The molecule has 0 saturated carbocycles. The second-order valence-corrected chi connectivity index (χ2v) is 7.15. The van der Waals surface area contributed by atoms with Crippen LogP contribution in [0.25, 0.3) is 0 Å². The lowest BCUT2D eigenvalue weighted by molar-refractivity contribution is 0.122. The number of nitrogens with two attached hydrogens (primary N) is 1. The van der Waals surface area contributed by atoms with Crippen molar-refractivity contribution in [2.45, 2.75) is 11.8 Å². The summed E-state index contributed by atoms with van der Waals surface area (Å²) in [6, 6.07) is 7.58. The van der Waals surface area contributed by atoms with Crippen molar-refractivity contribution in [3.8, 4) is 0 Å². The maximum absolute atomic E-state index is 12.5. The van der Waals surface area contributed by atoms with Crippen molar-refractivity contribution < 1.29 is 13.2 Å². The van der Waals surface area contributed by atoms with E-state index in [1.54, 1.807) is 25.1 Å². The van der Waals surface area contributed by atoms with Crippen molar-refractivity contribution in [3.05, 3.63) is 36.0 Å². The van der Waals surface area contributed by atoms with Crippen molar-refractivity contribution in [3.63, 3.8) is 0 Å². The number of nitrogens with zero attached hydrogens (tertiary/aromatic N) is 3. The molecule has 2 heterocycles. The zero-order valence-electron chi connectivity index (χ0n) is 13.3. The van der Waals surface area contributed by atoms with E-state index in [2.05, 4.69) is 14.7 Å². The van der Waals surface area contributed by atoms with Crippen molar-refractivity contribution in [1.82, 2.24) is 9.97 Å². The molecule has 0 atom stereocenters. The molecule has 1 saturated heterocycles. The fourth-order valence-electron chi connectivity index (χ4n) is 2.35. The molecule has 3 rings (SSSR count). The van der Waals surface area contributed by atoms with Gasteiger partial charge in [-0.15, -0.1) is 0 Å². The SMILES string of the molecule is Cc1cc(NS(=O)(=O)c2ccc(N)cc2)nc(N2CCOCC2)n1. The lowest BCUT2D eigenvalue weighted by atomic mass is 10.3. The molecule has 0 amide bonds. The molecule has 24 heavy (non-hydrogen) atoms. The van der Waals surface area contributed by atoms with E-state index >= 15 is 0 Å². The van der Waals surface area contributed by atoms with Crippen LogP contribution in [-0.2, 0) is 14.8 Å². The van der Waals surface area contributed by atoms with E-state index in [4.69, 9.17) is 10.5 Å². The summed E-state index contributed by atoms with van der Waals surface area (Å²) in [4.78, 5) is 10.8. The number of hydrogen-bond donors (Lipinski definition) is 2. The topological polar surface area (TPSA) is 110 Å². The van der Waals surface area contributed by atoms with Crippen LogP contribution >= 0.6 is 0 Å². The van der Waals surface area contributed by atoms with Gasteiger partial charge in [0.15, 0.2) is 0 Å². The van der Waals surface area contributed by atoms with E-state index in [0.29, 0.717) is 43.6 Å². The Kier molecular flexibility index (Phi) is 4.54. The summed E-state index contributed by atoms with van der Waals surface area (Å²) in [5, 5.41) is 0. The van der Waals surface area contributed by atoms with Crippen LogP contribution in [0, 0.1) is 6.92 Å². The largest absolute Gasteiger partial charge is 0.399 e. The standard InChI is InChI=1S/C15H19N5O3S/c1-11-10-14(18-15(17-11)20-6-8-23-9-7-20)19-24(21,22)13-4-2-12(16)3-5-13/h2-5,10H,6-9,16H2,1H3,(H,17,18,19). The second kappa shape index (κ2) is 6.62. The van der Waals surface area contributed by atoms with E-state index in [1.165, 1.54) is 12.1 Å². The second-order valence-electron chi connectivity index (χ2n) is 5.47. The summed E-state index contributed by atoms with van der Waals surface area (Å²) in [5.74, 6) is 0.731. The number of aryl methyl sites for hydroxylation is 1. The first-order chi connectivity index (χ1) is 11.4. The highest BCUT2D eigenvalue weighted by Gasteiger charge is 2.18. The first-order valence-electron chi connectivity index (χ1n) is 7.51. The Morgan fingerprint density at radius 1 is 1.17 bits per heavy atom. The number of sulfonamides is 1. The van der Waals surface area contributed by atoms with Gasteiger partial charge in [-0.2, -0.15) is 4.98 Å². The number of rotatable bonds is 4. The molecule has 0 radical (unpaired) electrons. The number of ether oxygens (including phenoxy) is 1. The molecule has 1 fully saturated rings. The summed E-state index contributed by atoms with van der Waals surface area (Å²) in [6.45, 7) is 4.35. The predicted octanol–water partition coefficient (Wildman–Crippen LogP) is 1.00. The van der Waals surface area contributed by atoms with Gasteiger partial charge in [-0.05, 0) is 31.2 Å². The molecular formula is C15H19N5O3S. The maximum Gasteiger partial charge on any atom is 0.263 e. The Morgan fingerprint density at radius 3 is 2.50 bits per heavy atom. The van der Waals surface area contributed by atoms with Gasteiger partial charge >= 0.3 is 0 Å². The minimum Gasteiger partial charge on any atom is -0.399 e. The quantitative estimate of drug-likeness (QED) is 0.792. The molecule has 0 aliphatic carbocycles. The van der Waals surface area contributed by atoms with Gasteiger partial charge in [0.05, 0.1) is 18.1 Å². The van der Waals surface area contributed by atoms with Crippen LogP contribution in [0.4, 0.5) is 17.5 Å². The van der Waals surface area contributed by atoms with Crippen LogP contribution in [0.3, 0.4) is 0 Å². The number of anilines is 3. The van der Waals surface area contributed by atoms with Crippen LogP contribution in [0.2, 0.25) is 0 Å². The van der Waals surface area contributed by atoms with Gasteiger partial charge in [-0.3, -0.25) is 4.72 Å². The van der Waals surface area contributed by atoms with E-state index in [9.17, 15) is 8.42 Å². The monoisotopic (exact) mass is 349 g/mol. The molecule has 1 aliphatic rings. The first-order valence-corrected chi connectivity index (χ1v) is 8.99. The summed E-state index contributed by atoms with van der Waals surface area (Å²) < 4.78 is 32.7. The first kappa shape index (κ1) is 16.5. The third-order valence-corrected chi connectivity index (χ3v) is 4.94. The third kappa shape index (κ3) is 3.74. The molecule has 0 spiro atoms. The van der Waals surface area contributed by atoms with Crippen molar-refractivity contribution in [1.29, 1.82) is 0 Å². The molecule has 9 heteroatoms. The van der Waals surface area contributed by atoms with E-state index < -0.39 is 10.0 Å². The van der Waals surface area contributed by atoms with Gasteiger partial charge in [-0.25, -0.2) is 13.4 Å². The molecular weight excluding hydrogens is 330 g/mol. The van der Waals surface area contributed by atoms with E-state index in [-0.39, 0.29) is 10.7 Å². The number of nitrogen functional groups attached to an aromatic ring is 1. The smallest absolute Gasteiger partial charge is 0.263 e. The summed E-state index contributed by atoms with van der Waals surface area (Å²) >= 11 is 0. The Labute approximate surface area is 140 Å². The highest BCUT2D eigenvalue weighted by Crippen LogP contribution is 2.19. The van der Waals surface area contributed by atoms with Crippen LogP contribution in [-0.4, -0.2) is 44.7 Å². The number of aromatic nitrogens is 2. The summed E-state index contributed by atoms with van der Waals surface area (Å²) in [7, 11) is -3.73. The Bertz CT molecular complexity index is 818. The van der Waals surface area contributed by atoms with Gasteiger partial charge in [-0.1, -0.05) is 0 Å². The van der Waals surface area contributed by atoms with Crippen LogP contribution in [0.5, 0.6) is 0 Å². The van der Waals surface area contributed by atoms with E-state index in [1.807, 2.05) is 4.90 Å². The zero-order chi connectivity index (χ0) is 17.2. The third-order valence-electron chi connectivity index (χ3n) is 3.57. The summed E-state index contributed by atoms with van der Waals surface area (Å²) in [6.07, 6.45) is 0. The molecule has 128 valence electrons. The van der Waals surface area contributed by atoms with Crippen LogP contribution in [0.15, 0.2) is 35.2 Å². The summed E-state index contributed by atoms with van der Waals surface area (Å²) in [5.41, 5.74) is 6.78. The molecule has 0 unspecified atom stereocenters. The van der Waals surface area contributed by atoms with Gasteiger partial charge in [0, 0.05) is 30.5 Å².